The van der Waals surface area contributed by atoms with E-state index >= 15 is 0 Å². The fraction of sp³-hybridized carbons (Fsp3) is 0.588. The van der Waals surface area contributed by atoms with Gasteiger partial charge in [0, 0.05) is 38.5 Å². The Hall–Kier alpha value is -2.15. The van der Waals surface area contributed by atoms with Crippen LogP contribution in [-0.4, -0.2) is 59.3 Å². The van der Waals surface area contributed by atoms with Gasteiger partial charge in [0.2, 0.25) is 5.91 Å². The summed E-state index contributed by atoms with van der Waals surface area (Å²) in [5, 5.41) is 12.2. The van der Waals surface area contributed by atoms with E-state index < -0.39 is 18.1 Å². The third kappa shape index (κ3) is 4.44. The number of amides is 2. The molecule has 1 aliphatic heterocycles. The number of carbonyl (C=O) groups excluding carboxylic acids is 1. The second-order valence-corrected chi connectivity index (χ2v) is 6.04. The van der Waals surface area contributed by atoms with Gasteiger partial charge in [-0.05, 0) is 25.0 Å². The van der Waals surface area contributed by atoms with Crippen molar-refractivity contribution >= 4 is 12.0 Å². The van der Waals surface area contributed by atoms with Crippen molar-refractivity contribution in [2.75, 3.05) is 20.2 Å². The summed E-state index contributed by atoms with van der Waals surface area (Å²) in [6.45, 7) is 2.76. The van der Waals surface area contributed by atoms with E-state index in [1.807, 2.05) is 18.2 Å². The van der Waals surface area contributed by atoms with Crippen LogP contribution in [0.25, 0.3) is 0 Å². The molecule has 1 aliphatic rings. The number of hydrogen-bond donors (Lipinski definition) is 2. The molecule has 24 heavy (non-hydrogen) atoms. The lowest BCUT2D eigenvalue weighted by Gasteiger charge is -2.32. The zero-order valence-electron chi connectivity index (χ0n) is 14.1. The van der Waals surface area contributed by atoms with Crippen LogP contribution in [0.5, 0.6) is 0 Å². The van der Waals surface area contributed by atoms with Crippen molar-refractivity contribution in [2.45, 2.75) is 38.3 Å². The van der Waals surface area contributed by atoms with Crippen LogP contribution >= 0.6 is 0 Å². The molecule has 2 rings (SSSR count). The summed E-state index contributed by atoms with van der Waals surface area (Å²) in [4.78, 5) is 29.3. The number of rotatable bonds is 7. The lowest BCUT2D eigenvalue weighted by Crippen LogP contribution is -2.49. The fourth-order valence-electron chi connectivity index (χ4n) is 3.24. The first kappa shape index (κ1) is 18.2. The molecule has 0 spiro atoms. The zero-order chi connectivity index (χ0) is 17.5. The Morgan fingerprint density at radius 3 is 2.92 bits per heavy atom. The lowest BCUT2D eigenvalue weighted by molar-refractivity contribution is -0.130. The second-order valence-electron chi connectivity index (χ2n) is 6.04. The van der Waals surface area contributed by atoms with E-state index in [0.29, 0.717) is 19.5 Å². The SMILES string of the molecule is CO[C@H](C(C)C(=O)NCCc1ccccn1)[C@@H]1CCCN1C(=O)O. The van der Waals surface area contributed by atoms with Crippen molar-refractivity contribution in [3.8, 4) is 0 Å². The Morgan fingerprint density at radius 2 is 2.29 bits per heavy atom. The predicted octanol–water partition coefficient (Wildman–Crippen LogP) is 1.53. The molecule has 2 amide bonds. The topological polar surface area (TPSA) is 91.8 Å². The summed E-state index contributed by atoms with van der Waals surface area (Å²) >= 11 is 0. The first-order valence-corrected chi connectivity index (χ1v) is 8.24. The van der Waals surface area contributed by atoms with Crippen molar-refractivity contribution in [3.63, 3.8) is 0 Å². The largest absolute Gasteiger partial charge is 0.465 e. The highest BCUT2D eigenvalue weighted by atomic mass is 16.5. The van der Waals surface area contributed by atoms with Crippen LogP contribution in [-0.2, 0) is 16.0 Å². The molecular formula is C17H25N3O4. The van der Waals surface area contributed by atoms with Crippen LogP contribution in [0.2, 0.25) is 0 Å². The number of methoxy groups -OCH3 is 1. The minimum Gasteiger partial charge on any atom is -0.465 e. The minimum absolute atomic E-state index is 0.130. The number of hydrogen-bond acceptors (Lipinski definition) is 4. The van der Waals surface area contributed by atoms with E-state index in [1.54, 1.807) is 13.1 Å². The number of likely N-dealkylation sites (tertiary alicyclic amines) is 1. The molecule has 0 aromatic carbocycles. The van der Waals surface area contributed by atoms with Crippen molar-refractivity contribution in [3.05, 3.63) is 30.1 Å². The number of nitrogens with zero attached hydrogens (tertiary/aromatic N) is 2. The van der Waals surface area contributed by atoms with E-state index in [2.05, 4.69) is 10.3 Å². The smallest absolute Gasteiger partial charge is 0.407 e. The van der Waals surface area contributed by atoms with E-state index in [9.17, 15) is 14.7 Å². The average molecular weight is 335 g/mol. The van der Waals surface area contributed by atoms with E-state index in [-0.39, 0.29) is 11.9 Å². The molecule has 0 bridgehead atoms. The van der Waals surface area contributed by atoms with Gasteiger partial charge in [0.1, 0.15) is 0 Å². The summed E-state index contributed by atoms with van der Waals surface area (Å²) in [5.74, 6) is -0.557. The van der Waals surface area contributed by atoms with Gasteiger partial charge < -0.3 is 20.1 Å². The number of nitrogens with one attached hydrogen (secondary N) is 1. The highest BCUT2D eigenvalue weighted by Crippen LogP contribution is 2.26. The average Bonchev–Trinajstić information content (AvgIpc) is 3.06. The summed E-state index contributed by atoms with van der Waals surface area (Å²) < 4.78 is 5.48. The minimum atomic E-state index is -0.956. The van der Waals surface area contributed by atoms with E-state index in [4.69, 9.17) is 4.74 Å². The number of ether oxygens (including phenoxy) is 1. The fourth-order valence-corrected chi connectivity index (χ4v) is 3.24. The number of carbonyl (C=O) groups is 2. The van der Waals surface area contributed by atoms with Crippen molar-refractivity contribution in [1.29, 1.82) is 0 Å². The van der Waals surface area contributed by atoms with Gasteiger partial charge in [-0.15, -0.1) is 0 Å². The molecular weight excluding hydrogens is 310 g/mol. The van der Waals surface area contributed by atoms with Gasteiger partial charge in [-0.2, -0.15) is 0 Å². The third-order valence-corrected chi connectivity index (χ3v) is 4.51. The molecule has 7 nitrogen and oxygen atoms in total. The van der Waals surface area contributed by atoms with Crippen molar-refractivity contribution < 1.29 is 19.4 Å². The summed E-state index contributed by atoms with van der Waals surface area (Å²) in [6.07, 6.45) is 2.49. The van der Waals surface area contributed by atoms with Gasteiger partial charge in [-0.1, -0.05) is 13.0 Å². The van der Waals surface area contributed by atoms with Crippen molar-refractivity contribution in [1.82, 2.24) is 15.2 Å². The highest BCUT2D eigenvalue weighted by molar-refractivity contribution is 5.79. The Bertz CT molecular complexity index is 552. The van der Waals surface area contributed by atoms with Gasteiger partial charge >= 0.3 is 6.09 Å². The van der Waals surface area contributed by atoms with E-state index in [1.165, 1.54) is 12.0 Å². The van der Waals surface area contributed by atoms with Crippen molar-refractivity contribution in [2.24, 2.45) is 5.92 Å². The Kier molecular flexibility index (Phi) is 6.54. The molecule has 0 radical (unpaired) electrons. The Morgan fingerprint density at radius 1 is 1.50 bits per heavy atom. The monoisotopic (exact) mass is 335 g/mol. The lowest BCUT2D eigenvalue weighted by atomic mass is 9.95. The molecule has 1 unspecified atom stereocenters. The van der Waals surface area contributed by atoms with Crippen LogP contribution in [0.1, 0.15) is 25.5 Å². The maximum Gasteiger partial charge on any atom is 0.407 e. The van der Waals surface area contributed by atoms with Crippen LogP contribution in [0.4, 0.5) is 4.79 Å². The summed E-state index contributed by atoms with van der Waals surface area (Å²) in [6, 6.07) is 5.40. The van der Waals surface area contributed by atoms with Gasteiger partial charge in [0.05, 0.1) is 18.1 Å². The molecule has 132 valence electrons. The quantitative estimate of drug-likeness (QED) is 0.788. The first-order chi connectivity index (χ1) is 11.5. The highest BCUT2D eigenvalue weighted by Gasteiger charge is 2.39. The molecule has 2 N–H and O–H groups in total. The normalized spacial score (nSPS) is 19.8. The summed E-state index contributed by atoms with van der Waals surface area (Å²) in [5.41, 5.74) is 0.918. The number of pyridine rings is 1. The van der Waals surface area contributed by atoms with Crippen LogP contribution < -0.4 is 5.32 Å². The van der Waals surface area contributed by atoms with E-state index in [0.717, 1.165) is 18.5 Å². The molecule has 1 aromatic heterocycles. The van der Waals surface area contributed by atoms with Crippen LogP contribution in [0.15, 0.2) is 24.4 Å². The molecule has 1 fully saturated rings. The molecule has 1 saturated heterocycles. The Labute approximate surface area is 142 Å². The van der Waals surface area contributed by atoms with Gasteiger partial charge in [-0.25, -0.2) is 4.79 Å². The first-order valence-electron chi connectivity index (χ1n) is 8.24. The number of carboxylic acid groups (broad SMARTS) is 1. The second kappa shape index (κ2) is 8.63. The van der Waals surface area contributed by atoms with Gasteiger partial charge in [-0.3, -0.25) is 9.78 Å². The predicted molar refractivity (Wildman–Crippen MR) is 88.7 cm³/mol. The molecule has 3 atom stereocenters. The maximum atomic E-state index is 12.4. The molecule has 2 heterocycles. The number of aromatic nitrogens is 1. The summed E-state index contributed by atoms with van der Waals surface area (Å²) in [7, 11) is 1.53. The molecule has 7 heteroatoms. The molecule has 1 aromatic rings. The standard InChI is InChI=1S/C17H25N3O4/c1-12(15(24-2)14-7-5-11-20(14)17(22)23)16(21)19-10-8-13-6-3-4-9-18-13/h3-4,6,9,12,14-15H,5,7-8,10-11H2,1-2H3,(H,19,21)(H,22,23)/t12?,14-,15+/m0/s1. The van der Waals surface area contributed by atoms with Gasteiger partial charge in [0.25, 0.3) is 0 Å². The Balaban J connectivity index is 1.89. The van der Waals surface area contributed by atoms with Crippen LogP contribution in [0, 0.1) is 5.92 Å². The van der Waals surface area contributed by atoms with Gasteiger partial charge in [0.15, 0.2) is 0 Å². The third-order valence-electron chi connectivity index (χ3n) is 4.51. The molecule has 0 aliphatic carbocycles. The van der Waals surface area contributed by atoms with Crippen LogP contribution in [0.3, 0.4) is 0 Å². The zero-order valence-corrected chi connectivity index (χ0v) is 14.1. The maximum absolute atomic E-state index is 12.4. The molecule has 0 saturated carbocycles.